The van der Waals surface area contributed by atoms with E-state index in [1.807, 2.05) is 24.3 Å². The molecule has 1 unspecified atom stereocenters. The molecule has 1 fully saturated rings. The van der Waals surface area contributed by atoms with E-state index in [2.05, 4.69) is 38.1 Å². The van der Waals surface area contributed by atoms with Gasteiger partial charge in [0.1, 0.15) is 17.1 Å². The molecule has 0 radical (unpaired) electrons. The molecule has 4 rings (SSSR count). The molecule has 166 valence electrons. The maximum Gasteiger partial charge on any atom is 0.353 e. The number of fused-ring (bicyclic) bond motifs is 1. The molecule has 4 N–H and O–H groups in total. The summed E-state index contributed by atoms with van der Waals surface area (Å²) in [5.41, 5.74) is 5.55. The molecule has 0 saturated carbocycles. The van der Waals surface area contributed by atoms with Crippen LogP contribution in [0.1, 0.15) is 11.7 Å². The van der Waals surface area contributed by atoms with Crippen molar-refractivity contribution in [3.05, 3.63) is 54.4 Å². The van der Waals surface area contributed by atoms with Gasteiger partial charge in [0.05, 0.1) is 5.69 Å². The number of rotatable bonds is 7. The second-order valence-electron chi connectivity index (χ2n) is 6.62. The lowest BCUT2D eigenvalue weighted by Gasteiger charge is -2.49. The molecule has 3 heterocycles. The number of aliphatic carboxylic acids is 1. The van der Waals surface area contributed by atoms with Crippen LogP contribution in [0.15, 0.2) is 50.3 Å². The number of halogens is 1. The standard InChI is InChI=1S/C18H14IN5O5S3/c19-7-3-1-2-4-9(7)32-10-6-30-16-12(15(26)24(16)13(10)17(27)28)22-14(25)11(23-29)8-5-31-18(20)21-8/h1-5,11-12,16H,6H2,(H2,20,21)(H,22,25)(H,27,28)/t11?,12-,16+/m1/s1. The van der Waals surface area contributed by atoms with Gasteiger partial charge in [-0.25, -0.2) is 9.78 Å². The number of thioether (sulfide) groups is 2. The average Bonchev–Trinajstić information content (AvgIpc) is 3.19. The Labute approximate surface area is 207 Å². The highest BCUT2D eigenvalue weighted by molar-refractivity contribution is 14.1. The third-order valence-corrected chi connectivity index (χ3v) is 9.30. The van der Waals surface area contributed by atoms with Crippen LogP contribution in [0.25, 0.3) is 0 Å². The van der Waals surface area contributed by atoms with Crippen molar-refractivity contribution in [2.45, 2.75) is 22.4 Å². The molecule has 32 heavy (non-hydrogen) atoms. The van der Waals surface area contributed by atoms with Gasteiger partial charge in [0.2, 0.25) is 6.04 Å². The Hall–Kier alpha value is -2.17. The number of anilines is 1. The molecule has 1 aromatic heterocycles. The normalized spacial score (nSPS) is 20.9. The summed E-state index contributed by atoms with van der Waals surface area (Å²) in [6, 6.07) is 5.13. The minimum atomic E-state index is -1.44. The second-order valence-corrected chi connectivity index (χ2v) is 10.9. The van der Waals surface area contributed by atoms with Crippen molar-refractivity contribution in [1.82, 2.24) is 15.2 Å². The fourth-order valence-corrected chi connectivity index (χ4v) is 7.02. The number of nitrogens with two attached hydrogens (primary N) is 1. The molecule has 2 amide bonds. The Morgan fingerprint density at radius 2 is 2.16 bits per heavy atom. The third-order valence-electron chi connectivity index (χ3n) is 4.68. The van der Waals surface area contributed by atoms with Crippen LogP contribution in [0.5, 0.6) is 0 Å². The number of nitrogens with one attached hydrogen (secondary N) is 1. The summed E-state index contributed by atoms with van der Waals surface area (Å²) in [6.45, 7) is 0. The van der Waals surface area contributed by atoms with E-state index in [0.29, 0.717) is 10.7 Å². The van der Waals surface area contributed by atoms with E-state index < -0.39 is 35.2 Å². The molecule has 1 aromatic carbocycles. The highest BCUT2D eigenvalue weighted by Gasteiger charge is 2.54. The summed E-state index contributed by atoms with van der Waals surface area (Å²) in [6.07, 6.45) is 0. The average molecular weight is 603 g/mol. The summed E-state index contributed by atoms with van der Waals surface area (Å²) in [7, 11) is 0. The van der Waals surface area contributed by atoms with Crippen molar-refractivity contribution in [3.8, 4) is 0 Å². The predicted octanol–water partition coefficient (Wildman–Crippen LogP) is 2.63. The minimum Gasteiger partial charge on any atom is -0.477 e. The number of nitrogens with zero attached hydrogens (tertiary/aromatic N) is 3. The van der Waals surface area contributed by atoms with Gasteiger partial charge in [0, 0.05) is 24.5 Å². The number of thiazole rings is 1. The van der Waals surface area contributed by atoms with E-state index in [9.17, 15) is 24.4 Å². The van der Waals surface area contributed by atoms with Crippen LogP contribution in [0.4, 0.5) is 5.13 Å². The maximum absolute atomic E-state index is 12.8. The third kappa shape index (κ3) is 4.23. The van der Waals surface area contributed by atoms with Gasteiger partial charge < -0.3 is 16.2 Å². The first kappa shape index (κ1) is 23.0. The van der Waals surface area contributed by atoms with E-state index in [1.165, 1.54) is 33.8 Å². The van der Waals surface area contributed by atoms with Gasteiger partial charge in [-0.15, -0.1) is 28.0 Å². The molecular weight excluding hydrogens is 589 g/mol. The Morgan fingerprint density at radius 3 is 2.78 bits per heavy atom. The second kappa shape index (κ2) is 9.36. The fraction of sp³-hybridized carbons (Fsp3) is 0.222. The fourth-order valence-electron chi connectivity index (χ4n) is 3.22. The van der Waals surface area contributed by atoms with Gasteiger partial charge in [-0.1, -0.05) is 23.9 Å². The number of nitroso groups, excluding NO2 is 1. The number of carboxylic acids is 1. The van der Waals surface area contributed by atoms with Crippen LogP contribution >= 0.6 is 57.5 Å². The highest BCUT2D eigenvalue weighted by atomic mass is 127. The molecule has 2 aliphatic heterocycles. The Balaban J connectivity index is 1.53. The molecule has 2 aliphatic rings. The lowest BCUT2D eigenvalue weighted by molar-refractivity contribution is -0.150. The number of hydrogen-bond acceptors (Lipinski definition) is 10. The monoisotopic (exact) mass is 603 g/mol. The molecule has 0 aliphatic carbocycles. The first-order valence-corrected chi connectivity index (χ1v) is 12.8. The van der Waals surface area contributed by atoms with Crippen molar-refractivity contribution >= 4 is 80.4 Å². The topological polar surface area (TPSA) is 155 Å². The van der Waals surface area contributed by atoms with Gasteiger partial charge in [-0.3, -0.25) is 14.5 Å². The van der Waals surface area contributed by atoms with Gasteiger partial charge in [0.15, 0.2) is 5.13 Å². The molecule has 3 atom stereocenters. The molecular formula is C18H14IN5O5S3. The summed E-state index contributed by atoms with van der Waals surface area (Å²) < 4.78 is 0.967. The smallest absolute Gasteiger partial charge is 0.353 e. The zero-order valence-corrected chi connectivity index (χ0v) is 20.5. The Bertz CT molecular complexity index is 1160. The van der Waals surface area contributed by atoms with Crippen molar-refractivity contribution < 1.29 is 19.5 Å². The van der Waals surface area contributed by atoms with Gasteiger partial charge in [0.25, 0.3) is 11.8 Å². The van der Waals surface area contributed by atoms with Gasteiger partial charge >= 0.3 is 5.97 Å². The first-order valence-electron chi connectivity index (χ1n) is 8.99. The maximum atomic E-state index is 12.8. The van der Waals surface area contributed by atoms with Gasteiger partial charge in [-0.2, -0.15) is 0 Å². The van der Waals surface area contributed by atoms with Crippen LogP contribution in [-0.2, 0) is 14.4 Å². The van der Waals surface area contributed by atoms with Crippen molar-refractivity contribution in [3.63, 3.8) is 0 Å². The van der Waals surface area contributed by atoms with Crippen LogP contribution in [-0.4, -0.2) is 49.9 Å². The number of aromatic nitrogens is 1. The zero-order chi connectivity index (χ0) is 23.0. The van der Waals surface area contributed by atoms with Crippen LogP contribution in [0.3, 0.4) is 0 Å². The van der Waals surface area contributed by atoms with E-state index in [-0.39, 0.29) is 16.5 Å². The number of carboxylic acid groups (broad SMARTS) is 1. The minimum absolute atomic E-state index is 0.0914. The molecule has 14 heteroatoms. The number of nitrogen functional groups attached to an aromatic ring is 1. The largest absolute Gasteiger partial charge is 0.477 e. The molecule has 2 aromatic rings. The number of hydrogen-bond donors (Lipinski definition) is 3. The molecule has 0 spiro atoms. The summed E-state index contributed by atoms with van der Waals surface area (Å²) in [5, 5.41) is 16.2. The van der Waals surface area contributed by atoms with Crippen LogP contribution in [0.2, 0.25) is 0 Å². The van der Waals surface area contributed by atoms with Crippen molar-refractivity contribution in [2.75, 3.05) is 11.5 Å². The first-order chi connectivity index (χ1) is 15.3. The van der Waals surface area contributed by atoms with E-state index >= 15 is 0 Å². The number of carbonyl (C=O) groups is 3. The van der Waals surface area contributed by atoms with E-state index in [0.717, 1.165) is 19.8 Å². The van der Waals surface area contributed by atoms with Crippen molar-refractivity contribution in [1.29, 1.82) is 0 Å². The lowest BCUT2D eigenvalue weighted by atomic mass is 10.0. The summed E-state index contributed by atoms with van der Waals surface area (Å²) >= 11 is 5.88. The molecule has 1 saturated heterocycles. The molecule has 0 bridgehead atoms. The summed E-state index contributed by atoms with van der Waals surface area (Å²) in [4.78, 5) is 55.1. The van der Waals surface area contributed by atoms with Gasteiger partial charge in [-0.05, 0) is 39.9 Å². The predicted molar refractivity (Wildman–Crippen MR) is 130 cm³/mol. The molecule has 10 nitrogen and oxygen atoms in total. The SMILES string of the molecule is Nc1nc(C(N=O)C(=O)N[C@@H]2C(=O)N3C(C(=O)O)=C(Sc4ccccc4I)CS[C@@H]23)cs1. The quantitative estimate of drug-likeness (QED) is 0.246. The van der Waals surface area contributed by atoms with E-state index in [4.69, 9.17) is 5.73 Å². The Kier molecular flexibility index (Phi) is 6.73. The number of amides is 2. The lowest BCUT2D eigenvalue weighted by Crippen LogP contribution is -2.70. The summed E-state index contributed by atoms with van der Waals surface area (Å²) in [5.74, 6) is -2.21. The Morgan fingerprint density at radius 1 is 1.41 bits per heavy atom. The number of β-lactam (4-membered cyclic amide) rings is 1. The van der Waals surface area contributed by atoms with E-state index in [1.54, 1.807) is 0 Å². The number of carbonyl (C=O) groups excluding carboxylic acids is 2. The number of benzene rings is 1. The van der Waals surface area contributed by atoms with Crippen molar-refractivity contribution in [2.24, 2.45) is 5.18 Å². The highest BCUT2D eigenvalue weighted by Crippen LogP contribution is 2.45. The van der Waals surface area contributed by atoms with Crippen LogP contribution < -0.4 is 11.1 Å². The van der Waals surface area contributed by atoms with Crippen LogP contribution in [0, 0.1) is 8.48 Å². The zero-order valence-electron chi connectivity index (χ0n) is 15.9.